The van der Waals surface area contributed by atoms with Crippen LogP contribution in [0.15, 0.2) is 48.8 Å². The normalized spacial score (nSPS) is 14.4. The molecule has 1 fully saturated rings. The molecule has 0 aliphatic carbocycles. The number of benzene rings is 1. The van der Waals surface area contributed by atoms with Crippen LogP contribution in [0.3, 0.4) is 0 Å². The molecule has 1 aliphatic heterocycles. The quantitative estimate of drug-likeness (QED) is 0.539. The van der Waals surface area contributed by atoms with Crippen molar-refractivity contribution in [2.24, 2.45) is 0 Å². The average molecular weight is 432 g/mol. The average Bonchev–Trinajstić information content (AvgIpc) is 2.81. The molecule has 32 heavy (non-hydrogen) atoms. The SMILES string of the molecule is CCc1cnc(N2CCC(Oc3ccc(CN(C)c4ccc(C)nc4C)cc3)CC2)nc1. The van der Waals surface area contributed by atoms with Crippen LogP contribution in [0, 0.1) is 13.8 Å². The zero-order chi connectivity index (χ0) is 22.5. The predicted octanol–water partition coefficient (Wildman–Crippen LogP) is 4.74. The summed E-state index contributed by atoms with van der Waals surface area (Å²) in [5.41, 5.74) is 5.70. The highest BCUT2D eigenvalue weighted by molar-refractivity contribution is 5.50. The molecule has 0 amide bonds. The molecule has 0 spiro atoms. The Bertz CT molecular complexity index is 1010. The van der Waals surface area contributed by atoms with Crippen molar-refractivity contribution in [2.45, 2.75) is 52.7 Å². The summed E-state index contributed by atoms with van der Waals surface area (Å²) in [6, 6.07) is 12.7. The Balaban J connectivity index is 1.28. The maximum Gasteiger partial charge on any atom is 0.225 e. The summed E-state index contributed by atoms with van der Waals surface area (Å²) in [5.74, 6) is 1.76. The van der Waals surface area contributed by atoms with Crippen molar-refractivity contribution in [3.8, 4) is 5.75 Å². The first kappa shape index (κ1) is 22.1. The number of nitrogens with zero attached hydrogens (tertiary/aromatic N) is 5. The van der Waals surface area contributed by atoms with Gasteiger partial charge in [0.15, 0.2) is 0 Å². The number of aromatic nitrogens is 3. The van der Waals surface area contributed by atoms with E-state index in [4.69, 9.17) is 4.74 Å². The first-order valence-electron chi connectivity index (χ1n) is 11.5. The molecule has 2 aromatic heterocycles. The molecule has 1 saturated heterocycles. The molecule has 0 atom stereocenters. The lowest BCUT2D eigenvalue weighted by Gasteiger charge is -2.32. The van der Waals surface area contributed by atoms with E-state index in [0.29, 0.717) is 0 Å². The lowest BCUT2D eigenvalue weighted by Crippen LogP contribution is -2.39. The number of hydrogen-bond donors (Lipinski definition) is 0. The fraction of sp³-hybridized carbons (Fsp3) is 0.423. The molecule has 1 aromatic carbocycles. The molecule has 0 bridgehead atoms. The third kappa shape index (κ3) is 5.36. The van der Waals surface area contributed by atoms with E-state index in [1.165, 1.54) is 11.1 Å². The van der Waals surface area contributed by atoms with Gasteiger partial charge in [0.25, 0.3) is 0 Å². The lowest BCUT2D eigenvalue weighted by molar-refractivity contribution is 0.170. The predicted molar refractivity (Wildman–Crippen MR) is 130 cm³/mol. The van der Waals surface area contributed by atoms with Crippen molar-refractivity contribution in [2.75, 3.05) is 29.9 Å². The van der Waals surface area contributed by atoms with Crippen LogP contribution in [0.5, 0.6) is 5.75 Å². The van der Waals surface area contributed by atoms with Gasteiger partial charge in [0.05, 0.1) is 11.4 Å². The Labute approximate surface area is 191 Å². The number of anilines is 2. The van der Waals surface area contributed by atoms with Gasteiger partial charge in [-0.2, -0.15) is 0 Å². The summed E-state index contributed by atoms with van der Waals surface area (Å²) >= 11 is 0. The molecule has 4 rings (SSSR count). The Hall–Kier alpha value is -3.15. The van der Waals surface area contributed by atoms with Gasteiger partial charge < -0.3 is 14.5 Å². The summed E-state index contributed by atoms with van der Waals surface area (Å²) < 4.78 is 6.26. The van der Waals surface area contributed by atoms with Crippen LogP contribution >= 0.6 is 0 Å². The monoisotopic (exact) mass is 431 g/mol. The van der Waals surface area contributed by atoms with E-state index in [9.17, 15) is 0 Å². The maximum absolute atomic E-state index is 6.26. The van der Waals surface area contributed by atoms with Crippen LogP contribution in [0.25, 0.3) is 0 Å². The first-order chi connectivity index (χ1) is 15.5. The molecular weight excluding hydrogens is 398 g/mol. The van der Waals surface area contributed by atoms with Crippen molar-refractivity contribution in [1.29, 1.82) is 0 Å². The number of aryl methyl sites for hydroxylation is 3. The smallest absolute Gasteiger partial charge is 0.225 e. The van der Waals surface area contributed by atoms with Crippen molar-refractivity contribution >= 4 is 11.6 Å². The van der Waals surface area contributed by atoms with Crippen LogP contribution in [0.2, 0.25) is 0 Å². The molecular formula is C26H33N5O. The summed E-state index contributed by atoms with van der Waals surface area (Å²) in [5, 5.41) is 0. The molecule has 3 heterocycles. The van der Waals surface area contributed by atoms with Crippen LogP contribution in [0.1, 0.15) is 42.3 Å². The number of rotatable bonds is 7. The Morgan fingerprint density at radius 1 is 0.969 bits per heavy atom. The second-order valence-electron chi connectivity index (χ2n) is 8.61. The lowest BCUT2D eigenvalue weighted by atomic mass is 10.1. The van der Waals surface area contributed by atoms with Crippen LogP contribution in [0.4, 0.5) is 11.6 Å². The topological polar surface area (TPSA) is 54.4 Å². The van der Waals surface area contributed by atoms with E-state index < -0.39 is 0 Å². The molecule has 6 nitrogen and oxygen atoms in total. The molecule has 1 aliphatic rings. The van der Waals surface area contributed by atoms with Crippen molar-refractivity contribution in [1.82, 2.24) is 15.0 Å². The maximum atomic E-state index is 6.26. The summed E-state index contributed by atoms with van der Waals surface area (Å²) in [4.78, 5) is 18.1. The van der Waals surface area contributed by atoms with Gasteiger partial charge in [0, 0.05) is 57.6 Å². The largest absolute Gasteiger partial charge is 0.490 e. The number of ether oxygens (including phenoxy) is 1. The molecule has 168 valence electrons. The fourth-order valence-corrected chi connectivity index (χ4v) is 4.18. The van der Waals surface area contributed by atoms with E-state index in [-0.39, 0.29) is 6.10 Å². The minimum atomic E-state index is 0.232. The number of pyridine rings is 1. The van der Waals surface area contributed by atoms with Crippen LogP contribution in [-0.2, 0) is 13.0 Å². The number of piperidine rings is 1. The Morgan fingerprint density at radius 3 is 2.28 bits per heavy atom. The third-order valence-corrected chi connectivity index (χ3v) is 6.08. The van der Waals surface area contributed by atoms with Gasteiger partial charge in [-0.3, -0.25) is 4.98 Å². The second kappa shape index (κ2) is 9.98. The molecule has 6 heteroatoms. The Morgan fingerprint density at radius 2 is 1.66 bits per heavy atom. The molecule has 0 radical (unpaired) electrons. The van der Waals surface area contributed by atoms with Gasteiger partial charge in [0.2, 0.25) is 5.95 Å². The summed E-state index contributed by atoms with van der Waals surface area (Å²) in [6.45, 7) is 8.88. The molecule has 3 aromatic rings. The highest BCUT2D eigenvalue weighted by Gasteiger charge is 2.22. The van der Waals surface area contributed by atoms with E-state index >= 15 is 0 Å². The van der Waals surface area contributed by atoms with Gasteiger partial charge in [0.1, 0.15) is 11.9 Å². The van der Waals surface area contributed by atoms with Gasteiger partial charge >= 0.3 is 0 Å². The molecule has 0 N–H and O–H groups in total. The summed E-state index contributed by atoms with van der Waals surface area (Å²) in [6.07, 6.45) is 7.01. The third-order valence-electron chi connectivity index (χ3n) is 6.08. The minimum absolute atomic E-state index is 0.232. The van der Waals surface area contributed by atoms with Gasteiger partial charge in [-0.25, -0.2) is 9.97 Å². The van der Waals surface area contributed by atoms with Gasteiger partial charge in [-0.1, -0.05) is 19.1 Å². The minimum Gasteiger partial charge on any atom is -0.490 e. The highest BCUT2D eigenvalue weighted by atomic mass is 16.5. The molecule has 0 saturated carbocycles. The first-order valence-corrected chi connectivity index (χ1v) is 11.5. The zero-order valence-corrected chi connectivity index (χ0v) is 19.6. The van der Waals surface area contributed by atoms with E-state index in [2.05, 4.69) is 82.0 Å². The fourth-order valence-electron chi connectivity index (χ4n) is 4.18. The highest BCUT2D eigenvalue weighted by Crippen LogP contribution is 2.23. The van der Waals surface area contributed by atoms with Gasteiger partial charge in [-0.05, 0) is 55.7 Å². The zero-order valence-electron chi connectivity index (χ0n) is 19.6. The van der Waals surface area contributed by atoms with E-state index in [1.54, 1.807) is 0 Å². The van der Waals surface area contributed by atoms with Crippen molar-refractivity contribution in [3.63, 3.8) is 0 Å². The number of hydrogen-bond acceptors (Lipinski definition) is 6. The van der Waals surface area contributed by atoms with E-state index in [0.717, 1.165) is 67.7 Å². The van der Waals surface area contributed by atoms with Gasteiger partial charge in [-0.15, -0.1) is 0 Å². The van der Waals surface area contributed by atoms with Crippen LogP contribution < -0.4 is 14.5 Å². The van der Waals surface area contributed by atoms with Crippen LogP contribution in [-0.4, -0.2) is 41.2 Å². The van der Waals surface area contributed by atoms with Crippen molar-refractivity contribution in [3.05, 3.63) is 71.3 Å². The standard InChI is InChI=1S/C26H33N5O/c1-5-21-16-27-26(28-17-21)31-14-12-24(13-15-31)32-23-9-7-22(8-10-23)18-30(4)25-11-6-19(2)29-20(25)3/h6-11,16-17,24H,5,12-15,18H2,1-4H3. The summed E-state index contributed by atoms with van der Waals surface area (Å²) in [7, 11) is 2.11. The van der Waals surface area contributed by atoms with E-state index in [1.807, 2.05) is 19.3 Å². The van der Waals surface area contributed by atoms with Crippen molar-refractivity contribution < 1.29 is 4.74 Å². The Kier molecular flexibility index (Phi) is 6.88. The molecule has 0 unspecified atom stereocenters. The second-order valence-corrected chi connectivity index (χ2v) is 8.61.